The van der Waals surface area contributed by atoms with Crippen LogP contribution in [0.25, 0.3) is 0 Å². The number of carboxylic acids is 2. The Kier molecular flexibility index (Phi) is 12.9. The number of likely N-dealkylation sites (tertiary alicyclic amines) is 1. The van der Waals surface area contributed by atoms with E-state index in [1.54, 1.807) is 0 Å². The number of carboxylic acid groups (broad SMARTS) is 2. The Morgan fingerprint density at radius 1 is 0.949 bits per heavy atom. The van der Waals surface area contributed by atoms with Gasteiger partial charge in [0.25, 0.3) is 0 Å². The molecule has 1 unspecified atom stereocenters. The van der Waals surface area contributed by atoms with Gasteiger partial charge in [0.2, 0.25) is 0 Å². The highest BCUT2D eigenvalue weighted by Crippen LogP contribution is 2.20. The lowest BCUT2D eigenvalue weighted by Crippen LogP contribution is -2.30. The first-order valence-electron chi connectivity index (χ1n) is 12.4. The maximum atomic E-state index is 10.6. The number of hydrogen-bond acceptors (Lipinski definition) is 8. The van der Waals surface area contributed by atoms with Crippen LogP contribution in [-0.2, 0) is 38.8 Å². The first-order chi connectivity index (χ1) is 18.3. The van der Waals surface area contributed by atoms with Crippen LogP contribution < -0.4 is 0 Å². The molecular formula is C22H33F6N5O6. The van der Waals surface area contributed by atoms with Crippen molar-refractivity contribution in [2.75, 3.05) is 52.5 Å². The molecule has 2 saturated heterocycles. The minimum atomic E-state index is -5.08. The average Bonchev–Trinajstić information content (AvgIpc) is 3.59. The summed E-state index contributed by atoms with van der Waals surface area (Å²) in [4.78, 5) is 22.8. The van der Waals surface area contributed by atoms with Gasteiger partial charge in [-0.25, -0.2) is 14.3 Å². The third kappa shape index (κ3) is 12.0. The zero-order chi connectivity index (χ0) is 29.1. The van der Waals surface area contributed by atoms with E-state index in [-0.39, 0.29) is 0 Å². The van der Waals surface area contributed by atoms with Gasteiger partial charge in [-0.1, -0.05) is 5.21 Å². The van der Waals surface area contributed by atoms with Gasteiger partial charge in [-0.15, -0.1) is 5.10 Å². The zero-order valence-corrected chi connectivity index (χ0v) is 21.2. The molecule has 0 spiro atoms. The van der Waals surface area contributed by atoms with Crippen molar-refractivity contribution in [1.29, 1.82) is 0 Å². The molecule has 224 valence electrons. The summed E-state index contributed by atoms with van der Waals surface area (Å²) in [6, 6.07) is 0. The molecule has 1 atom stereocenters. The SMILES string of the molecule is C1CCN(CCOCc2nnn3c2CN(CC2CCOC2)CCC3)C1.O=C(O)C(F)(F)F.O=C(O)C(F)(F)F. The number of halogens is 6. The Labute approximate surface area is 220 Å². The van der Waals surface area contributed by atoms with Gasteiger partial charge >= 0.3 is 24.3 Å². The molecule has 17 heteroatoms. The van der Waals surface area contributed by atoms with Crippen molar-refractivity contribution < 1.29 is 55.6 Å². The maximum Gasteiger partial charge on any atom is 0.490 e. The summed E-state index contributed by atoms with van der Waals surface area (Å²) in [7, 11) is 0. The maximum absolute atomic E-state index is 10.6. The first-order valence-corrected chi connectivity index (χ1v) is 12.4. The second-order valence-corrected chi connectivity index (χ2v) is 9.23. The number of aromatic nitrogens is 3. The molecule has 2 N–H and O–H groups in total. The standard InChI is InChI=1S/C18H31N5O2.2C2HF3O2/c1-2-6-21(5-1)9-11-25-15-17-18-13-22(12-16-4-10-24-14-16)7-3-8-23(18)20-19-17;2*3-2(4,5)1(6)7/h16H,1-15H2;2*(H,6,7). The third-order valence-electron chi connectivity index (χ3n) is 6.15. The molecule has 0 saturated carbocycles. The van der Waals surface area contributed by atoms with Crippen molar-refractivity contribution in [1.82, 2.24) is 24.8 Å². The highest BCUT2D eigenvalue weighted by molar-refractivity contribution is 5.73. The fourth-order valence-electron chi connectivity index (χ4n) is 4.19. The Morgan fingerprint density at radius 2 is 1.54 bits per heavy atom. The average molecular weight is 578 g/mol. The highest BCUT2D eigenvalue weighted by Gasteiger charge is 2.38. The Morgan fingerprint density at radius 3 is 2.08 bits per heavy atom. The predicted octanol–water partition coefficient (Wildman–Crippen LogP) is 2.40. The first kappa shape index (κ1) is 32.7. The lowest BCUT2D eigenvalue weighted by molar-refractivity contribution is -0.193. The van der Waals surface area contributed by atoms with Crippen LogP contribution in [-0.4, -0.2) is 112 Å². The van der Waals surface area contributed by atoms with E-state index in [0.717, 1.165) is 64.7 Å². The van der Waals surface area contributed by atoms with E-state index in [1.165, 1.54) is 38.0 Å². The molecule has 4 rings (SSSR count). The van der Waals surface area contributed by atoms with Gasteiger partial charge in [-0.05, 0) is 44.7 Å². The summed E-state index contributed by atoms with van der Waals surface area (Å²) in [6.45, 7) is 10.9. The summed E-state index contributed by atoms with van der Waals surface area (Å²) in [5.41, 5.74) is 2.27. The minimum absolute atomic E-state index is 0.587. The molecular weight excluding hydrogens is 544 g/mol. The quantitative estimate of drug-likeness (QED) is 0.368. The number of aliphatic carboxylic acids is 2. The van der Waals surface area contributed by atoms with Crippen LogP contribution >= 0.6 is 0 Å². The Hall–Kier alpha value is -2.50. The van der Waals surface area contributed by atoms with Gasteiger partial charge in [0.1, 0.15) is 5.69 Å². The minimum Gasteiger partial charge on any atom is -0.475 e. The van der Waals surface area contributed by atoms with E-state index in [4.69, 9.17) is 29.3 Å². The molecule has 1 aromatic rings. The van der Waals surface area contributed by atoms with Gasteiger partial charge in [-0.2, -0.15) is 26.3 Å². The molecule has 4 heterocycles. The lowest BCUT2D eigenvalue weighted by atomic mass is 10.1. The number of ether oxygens (including phenoxy) is 2. The van der Waals surface area contributed by atoms with E-state index in [2.05, 4.69) is 24.8 Å². The fourth-order valence-corrected chi connectivity index (χ4v) is 4.19. The van der Waals surface area contributed by atoms with E-state index < -0.39 is 24.3 Å². The zero-order valence-electron chi connectivity index (χ0n) is 21.2. The van der Waals surface area contributed by atoms with Gasteiger partial charge in [-0.3, -0.25) is 4.90 Å². The van der Waals surface area contributed by atoms with Gasteiger partial charge < -0.3 is 24.6 Å². The van der Waals surface area contributed by atoms with Crippen molar-refractivity contribution in [3.63, 3.8) is 0 Å². The van der Waals surface area contributed by atoms with Crippen LogP contribution in [0.5, 0.6) is 0 Å². The number of aryl methyl sites for hydroxylation is 1. The van der Waals surface area contributed by atoms with E-state index in [1.807, 2.05) is 0 Å². The van der Waals surface area contributed by atoms with E-state index >= 15 is 0 Å². The Bertz CT molecular complexity index is 877. The Balaban J connectivity index is 0.000000317. The van der Waals surface area contributed by atoms with Crippen molar-refractivity contribution in [3.8, 4) is 0 Å². The summed E-state index contributed by atoms with van der Waals surface area (Å²) >= 11 is 0. The van der Waals surface area contributed by atoms with Crippen molar-refractivity contribution in [3.05, 3.63) is 11.4 Å². The predicted molar refractivity (Wildman–Crippen MR) is 122 cm³/mol. The molecule has 11 nitrogen and oxygen atoms in total. The van der Waals surface area contributed by atoms with Crippen molar-refractivity contribution in [2.24, 2.45) is 5.92 Å². The van der Waals surface area contributed by atoms with E-state index in [9.17, 15) is 26.3 Å². The summed E-state index contributed by atoms with van der Waals surface area (Å²) in [5.74, 6) is -4.83. The third-order valence-corrected chi connectivity index (χ3v) is 6.15. The van der Waals surface area contributed by atoms with E-state index in [0.29, 0.717) is 12.5 Å². The number of hydrogen-bond donors (Lipinski definition) is 2. The monoisotopic (exact) mass is 577 g/mol. The lowest BCUT2D eigenvalue weighted by Gasteiger charge is -2.22. The van der Waals surface area contributed by atoms with Gasteiger partial charge in [0.05, 0.1) is 25.5 Å². The number of nitrogens with zero attached hydrogens (tertiary/aromatic N) is 5. The van der Waals surface area contributed by atoms with Gasteiger partial charge in [0.15, 0.2) is 0 Å². The topological polar surface area (TPSA) is 130 Å². The summed E-state index contributed by atoms with van der Waals surface area (Å²) in [5, 5.41) is 23.0. The van der Waals surface area contributed by atoms with Crippen molar-refractivity contribution in [2.45, 2.75) is 57.7 Å². The second-order valence-electron chi connectivity index (χ2n) is 9.23. The van der Waals surface area contributed by atoms with Crippen LogP contribution in [0.15, 0.2) is 0 Å². The molecule has 0 amide bonds. The molecule has 1 aromatic heterocycles. The largest absolute Gasteiger partial charge is 0.490 e. The summed E-state index contributed by atoms with van der Waals surface area (Å²) in [6.07, 6.45) is -5.17. The van der Waals surface area contributed by atoms with Crippen LogP contribution in [0.3, 0.4) is 0 Å². The van der Waals surface area contributed by atoms with Crippen molar-refractivity contribution >= 4 is 11.9 Å². The number of fused-ring (bicyclic) bond motifs is 1. The molecule has 39 heavy (non-hydrogen) atoms. The molecule has 2 fully saturated rings. The molecule has 3 aliphatic heterocycles. The molecule has 0 aliphatic carbocycles. The second kappa shape index (κ2) is 15.3. The summed E-state index contributed by atoms with van der Waals surface area (Å²) < 4.78 is 77.0. The van der Waals surface area contributed by atoms with Crippen LogP contribution in [0.4, 0.5) is 26.3 Å². The van der Waals surface area contributed by atoms with Crippen LogP contribution in [0.2, 0.25) is 0 Å². The van der Waals surface area contributed by atoms with Crippen LogP contribution in [0, 0.1) is 5.92 Å². The molecule has 3 aliphatic rings. The number of rotatable bonds is 7. The molecule has 0 bridgehead atoms. The number of alkyl halides is 6. The van der Waals surface area contributed by atoms with Gasteiger partial charge in [0, 0.05) is 39.3 Å². The highest BCUT2D eigenvalue weighted by atomic mass is 19.4. The molecule has 0 radical (unpaired) electrons. The van der Waals surface area contributed by atoms with Crippen LogP contribution in [0.1, 0.15) is 37.1 Å². The fraction of sp³-hybridized carbons (Fsp3) is 0.818. The molecule has 0 aromatic carbocycles. The normalized spacial score (nSPS) is 20.3. The smallest absolute Gasteiger partial charge is 0.475 e. The number of carbonyl (C=O) groups is 2.